The summed E-state index contributed by atoms with van der Waals surface area (Å²) in [7, 11) is 0. The third-order valence-electron chi connectivity index (χ3n) is 3.43. The van der Waals surface area contributed by atoms with Gasteiger partial charge in [0.1, 0.15) is 0 Å². The Morgan fingerprint density at radius 1 is 1.58 bits per heavy atom. The van der Waals surface area contributed by atoms with Gasteiger partial charge in [-0.1, -0.05) is 19.1 Å². The summed E-state index contributed by atoms with van der Waals surface area (Å²) >= 11 is 0. The van der Waals surface area contributed by atoms with Crippen LogP contribution in [0.2, 0.25) is 0 Å². The number of nitro benzene ring substituents is 1. The van der Waals surface area contributed by atoms with E-state index in [0.717, 1.165) is 31.5 Å². The molecule has 1 aliphatic rings. The molecule has 1 heterocycles. The zero-order chi connectivity index (χ0) is 13.7. The molecule has 2 rings (SSSR count). The highest BCUT2D eigenvalue weighted by Crippen LogP contribution is 2.21. The fourth-order valence-corrected chi connectivity index (χ4v) is 2.33. The van der Waals surface area contributed by atoms with E-state index in [-0.39, 0.29) is 16.7 Å². The van der Waals surface area contributed by atoms with Gasteiger partial charge in [0, 0.05) is 37.3 Å². The third-order valence-corrected chi connectivity index (χ3v) is 3.43. The maximum Gasteiger partial charge on any atom is 0.269 e. The number of hydrazine groups is 1. The fourth-order valence-electron chi connectivity index (χ4n) is 2.33. The molecule has 0 bridgehead atoms. The van der Waals surface area contributed by atoms with Crippen LogP contribution in [0.25, 0.3) is 0 Å². The second kappa shape index (κ2) is 6.60. The highest BCUT2D eigenvalue weighted by Gasteiger charge is 2.17. The molecule has 1 fully saturated rings. The van der Waals surface area contributed by atoms with Crippen LogP contribution in [0.3, 0.4) is 0 Å². The molecule has 2 atom stereocenters. The topological polar surface area (TPSA) is 79.2 Å². The van der Waals surface area contributed by atoms with Gasteiger partial charge in [-0.15, -0.1) is 0 Å². The number of hydrogen-bond donors (Lipinski definition) is 3. The molecule has 0 aliphatic carbocycles. The van der Waals surface area contributed by atoms with Crippen LogP contribution in [-0.4, -0.2) is 24.1 Å². The van der Waals surface area contributed by atoms with Gasteiger partial charge in [-0.05, 0) is 18.4 Å². The standard InChI is InChI=1S/C13H20N4O2/c1-2-13(14-9-11-6-7-15-16-11)10-4-3-5-12(8-10)17(18)19/h3-5,8,11,13-16H,2,6-7,9H2,1H3. The summed E-state index contributed by atoms with van der Waals surface area (Å²) < 4.78 is 0. The van der Waals surface area contributed by atoms with Crippen molar-refractivity contribution in [3.05, 3.63) is 39.9 Å². The van der Waals surface area contributed by atoms with Crippen LogP contribution in [0.4, 0.5) is 5.69 Å². The first-order valence-corrected chi connectivity index (χ1v) is 6.67. The molecule has 1 aromatic rings. The van der Waals surface area contributed by atoms with E-state index in [2.05, 4.69) is 23.1 Å². The number of nitrogens with zero attached hydrogens (tertiary/aromatic N) is 1. The van der Waals surface area contributed by atoms with Crippen molar-refractivity contribution < 1.29 is 4.92 Å². The van der Waals surface area contributed by atoms with E-state index in [4.69, 9.17) is 0 Å². The molecule has 0 saturated carbocycles. The van der Waals surface area contributed by atoms with Gasteiger partial charge in [-0.25, -0.2) is 0 Å². The summed E-state index contributed by atoms with van der Waals surface area (Å²) in [5.74, 6) is 0. The molecule has 1 aromatic carbocycles. The highest BCUT2D eigenvalue weighted by atomic mass is 16.6. The first kappa shape index (κ1) is 13.9. The summed E-state index contributed by atoms with van der Waals surface area (Å²) in [6.07, 6.45) is 2.00. The van der Waals surface area contributed by atoms with E-state index < -0.39 is 0 Å². The summed E-state index contributed by atoms with van der Waals surface area (Å²) in [6, 6.07) is 7.44. The lowest BCUT2D eigenvalue weighted by Crippen LogP contribution is -2.39. The van der Waals surface area contributed by atoms with Crippen LogP contribution >= 0.6 is 0 Å². The summed E-state index contributed by atoms with van der Waals surface area (Å²) in [6.45, 7) is 3.92. The second-order valence-electron chi connectivity index (χ2n) is 4.78. The molecule has 6 heteroatoms. The lowest BCUT2D eigenvalue weighted by molar-refractivity contribution is -0.384. The van der Waals surface area contributed by atoms with Gasteiger partial charge in [0.15, 0.2) is 0 Å². The van der Waals surface area contributed by atoms with Crippen molar-refractivity contribution in [2.45, 2.75) is 31.8 Å². The smallest absolute Gasteiger partial charge is 0.269 e. The SMILES string of the molecule is CCC(NCC1CCNN1)c1cccc([N+](=O)[O-])c1. The van der Waals surface area contributed by atoms with Gasteiger partial charge in [0.25, 0.3) is 5.69 Å². The number of benzene rings is 1. The number of nitrogens with one attached hydrogen (secondary N) is 3. The Morgan fingerprint density at radius 3 is 3.05 bits per heavy atom. The minimum atomic E-state index is -0.349. The predicted octanol–water partition coefficient (Wildman–Crippen LogP) is 1.50. The Bertz CT molecular complexity index is 432. The van der Waals surface area contributed by atoms with Crippen molar-refractivity contribution in [2.75, 3.05) is 13.1 Å². The van der Waals surface area contributed by atoms with Crippen LogP contribution in [0.1, 0.15) is 31.4 Å². The molecule has 0 radical (unpaired) electrons. The molecular formula is C13H20N4O2. The van der Waals surface area contributed by atoms with Crippen LogP contribution < -0.4 is 16.2 Å². The summed E-state index contributed by atoms with van der Waals surface area (Å²) in [5, 5.41) is 14.3. The minimum absolute atomic E-state index is 0.151. The number of rotatable bonds is 6. The second-order valence-corrected chi connectivity index (χ2v) is 4.78. The van der Waals surface area contributed by atoms with Gasteiger partial charge in [-0.3, -0.25) is 21.0 Å². The van der Waals surface area contributed by atoms with Crippen LogP contribution in [-0.2, 0) is 0 Å². The van der Waals surface area contributed by atoms with Crippen molar-refractivity contribution >= 4 is 5.69 Å². The first-order chi connectivity index (χ1) is 9.20. The van der Waals surface area contributed by atoms with Gasteiger partial charge >= 0.3 is 0 Å². The van der Waals surface area contributed by atoms with Crippen molar-refractivity contribution in [1.29, 1.82) is 0 Å². The van der Waals surface area contributed by atoms with E-state index in [1.165, 1.54) is 6.07 Å². The molecule has 0 spiro atoms. The van der Waals surface area contributed by atoms with Gasteiger partial charge in [-0.2, -0.15) is 0 Å². The zero-order valence-electron chi connectivity index (χ0n) is 11.1. The largest absolute Gasteiger partial charge is 0.308 e. The highest BCUT2D eigenvalue weighted by molar-refractivity contribution is 5.35. The maximum absolute atomic E-state index is 10.8. The number of nitro groups is 1. The third kappa shape index (κ3) is 3.73. The lowest BCUT2D eigenvalue weighted by atomic mass is 10.0. The zero-order valence-corrected chi connectivity index (χ0v) is 11.1. The molecule has 1 aliphatic heterocycles. The Labute approximate surface area is 112 Å². The Kier molecular flexibility index (Phi) is 4.84. The Balaban J connectivity index is 1.99. The molecule has 2 unspecified atom stereocenters. The van der Waals surface area contributed by atoms with Crippen LogP contribution in [0.5, 0.6) is 0 Å². The monoisotopic (exact) mass is 264 g/mol. The summed E-state index contributed by atoms with van der Waals surface area (Å²) in [4.78, 5) is 10.4. The molecule has 104 valence electrons. The minimum Gasteiger partial charge on any atom is -0.308 e. The average Bonchev–Trinajstić information content (AvgIpc) is 2.93. The molecule has 0 amide bonds. The number of hydrogen-bond acceptors (Lipinski definition) is 5. The van der Waals surface area contributed by atoms with E-state index in [1.54, 1.807) is 12.1 Å². The molecule has 19 heavy (non-hydrogen) atoms. The summed E-state index contributed by atoms with van der Waals surface area (Å²) in [5.41, 5.74) is 7.42. The molecule has 6 nitrogen and oxygen atoms in total. The Morgan fingerprint density at radius 2 is 2.42 bits per heavy atom. The normalized spacial score (nSPS) is 20.4. The molecule has 3 N–H and O–H groups in total. The molecule has 1 saturated heterocycles. The van der Waals surface area contributed by atoms with Crippen molar-refractivity contribution in [2.24, 2.45) is 0 Å². The predicted molar refractivity (Wildman–Crippen MR) is 73.7 cm³/mol. The van der Waals surface area contributed by atoms with Crippen molar-refractivity contribution in [3.63, 3.8) is 0 Å². The van der Waals surface area contributed by atoms with E-state index in [0.29, 0.717) is 6.04 Å². The quantitative estimate of drug-likeness (QED) is 0.536. The molecular weight excluding hydrogens is 244 g/mol. The van der Waals surface area contributed by atoms with E-state index >= 15 is 0 Å². The van der Waals surface area contributed by atoms with Crippen molar-refractivity contribution in [1.82, 2.24) is 16.2 Å². The van der Waals surface area contributed by atoms with Gasteiger partial charge in [0.05, 0.1) is 4.92 Å². The fraction of sp³-hybridized carbons (Fsp3) is 0.538. The Hall–Kier alpha value is -1.50. The van der Waals surface area contributed by atoms with E-state index in [9.17, 15) is 10.1 Å². The average molecular weight is 264 g/mol. The van der Waals surface area contributed by atoms with Gasteiger partial charge in [0.2, 0.25) is 0 Å². The van der Waals surface area contributed by atoms with Gasteiger partial charge < -0.3 is 5.32 Å². The van der Waals surface area contributed by atoms with Crippen LogP contribution in [0.15, 0.2) is 24.3 Å². The van der Waals surface area contributed by atoms with Crippen LogP contribution in [0, 0.1) is 10.1 Å². The van der Waals surface area contributed by atoms with E-state index in [1.807, 2.05) is 6.07 Å². The first-order valence-electron chi connectivity index (χ1n) is 6.67. The lowest BCUT2D eigenvalue weighted by Gasteiger charge is -2.19. The maximum atomic E-state index is 10.8. The number of non-ortho nitro benzene ring substituents is 1. The van der Waals surface area contributed by atoms with Crippen molar-refractivity contribution in [3.8, 4) is 0 Å². The molecule has 0 aromatic heterocycles.